The minimum atomic E-state index is -3.04. The van der Waals surface area contributed by atoms with E-state index in [1.807, 2.05) is 0 Å². The Labute approximate surface area is 379 Å². The van der Waals surface area contributed by atoms with Gasteiger partial charge in [0.15, 0.2) is 11.4 Å². The van der Waals surface area contributed by atoms with Gasteiger partial charge in [-0.15, -0.1) is 0 Å². The number of anilines is 1. The van der Waals surface area contributed by atoms with Crippen molar-refractivity contribution < 1.29 is 49.5 Å². The number of rotatable bonds is 17. The second-order valence-corrected chi connectivity index (χ2v) is 21.2. The molecule has 13 nitrogen and oxygen atoms in total. The largest absolute Gasteiger partial charge is 0.508 e. The van der Waals surface area contributed by atoms with Crippen LogP contribution >= 0.6 is 7.26 Å². The van der Waals surface area contributed by atoms with Gasteiger partial charge in [0.1, 0.15) is 51.8 Å². The van der Waals surface area contributed by atoms with Crippen LogP contribution in [0, 0.1) is 11.8 Å². The average Bonchev–Trinajstić information content (AvgIpc) is 3.29. The van der Waals surface area contributed by atoms with Crippen molar-refractivity contribution in [3.63, 3.8) is 0 Å². The van der Waals surface area contributed by atoms with E-state index in [4.69, 9.17) is 5.73 Å². The number of aliphatic hydroxyl groups is 4. The highest BCUT2D eigenvalue weighted by Crippen LogP contribution is 2.58. The summed E-state index contributed by atoms with van der Waals surface area (Å²) >= 11 is 0. The van der Waals surface area contributed by atoms with Crippen LogP contribution in [0.3, 0.4) is 0 Å². The highest BCUT2D eigenvalue weighted by atomic mass is 31.2. The van der Waals surface area contributed by atoms with E-state index < -0.39 is 94.6 Å². The molecule has 0 aliphatic heterocycles. The first-order valence-corrected chi connectivity index (χ1v) is 24.1. The van der Waals surface area contributed by atoms with Crippen molar-refractivity contribution in [1.82, 2.24) is 4.90 Å². The lowest BCUT2D eigenvalue weighted by atomic mass is 9.54. The fraction of sp³-hybridized carbons (Fsp3) is 0.353. The number of benzene rings is 4. The molecule has 0 bridgehead atoms. The molecule has 1 fully saturated rings. The number of unbranched alkanes of at least 4 members (excludes halogenated alkanes) is 4. The molecule has 0 radical (unpaired) electrons. The van der Waals surface area contributed by atoms with Gasteiger partial charge in [0.2, 0.25) is 11.7 Å². The van der Waals surface area contributed by atoms with E-state index in [-0.39, 0.29) is 29.9 Å². The Morgan fingerprint density at radius 2 is 1.29 bits per heavy atom. The van der Waals surface area contributed by atoms with Crippen molar-refractivity contribution in [2.45, 2.75) is 82.0 Å². The molecule has 1 saturated carbocycles. The number of phenolic OH excluding ortho intramolecular Hbond substituents is 1. The van der Waals surface area contributed by atoms with E-state index in [9.17, 15) is 49.5 Å². The lowest BCUT2D eigenvalue weighted by Gasteiger charge is -2.53. The number of phenols is 1. The van der Waals surface area contributed by atoms with Crippen molar-refractivity contribution in [3.05, 3.63) is 131 Å². The number of primary amides is 1. The van der Waals surface area contributed by atoms with Gasteiger partial charge in [-0.3, -0.25) is 28.9 Å². The molecule has 65 heavy (non-hydrogen) atoms. The van der Waals surface area contributed by atoms with Crippen LogP contribution in [-0.4, -0.2) is 97.6 Å². The van der Waals surface area contributed by atoms with Gasteiger partial charge in [0.05, 0.1) is 35.5 Å². The number of hydrogen-bond donors (Lipinski definition) is 7. The van der Waals surface area contributed by atoms with Crippen molar-refractivity contribution in [2.75, 3.05) is 25.6 Å². The van der Waals surface area contributed by atoms with Crippen molar-refractivity contribution in [3.8, 4) is 5.75 Å². The number of nitrogens with one attached hydrogen (secondary N) is 1. The van der Waals surface area contributed by atoms with E-state index in [0.717, 1.165) is 31.8 Å². The van der Waals surface area contributed by atoms with Crippen LogP contribution < -0.4 is 27.0 Å². The maximum absolute atomic E-state index is 14.3. The molecular weight excluding hydrogens is 846 g/mol. The number of fused-ring (bicyclic) bond motifs is 3. The normalized spacial score (nSPS) is 22.9. The van der Waals surface area contributed by atoms with Crippen LogP contribution in [0.4, 0.5) is 5.69 Å². The van der Waals surface area contributed by atoms with Gasteiger partial charge in [-0.05, 0) is 87.3 Å². The predicted molar refractivity (Wildman–Crippen MR) is 251 cm³/mol. The van der Waals surface area contributed by atoms with E-state index in [1.165, 1.54) is 47.0 Å². The van der Waals surface area contributed by atoms with E-state index in [2.05, 4.69) is 96.3 Å². The summed E-state index contributed by atoms with van der Waals surface area (Å²) in [6, 6.07) is 33.8. The van der Waals surface area contributed by atoms with Crippen LogP contribution in [0.5, 0.6) is 5.75 Å². The number of aliphatic hydroxyl groups excluding tert-OH is 3. The second kappa shape index (κ2) is 19.2. The summed E-state index contributed by atoms with van der Waals surface area (Å²) in [5, 5.41) is 64.6. The maximum Gasteiger partial charge on any atom is 0.255 e. The molecule has 0 saturated heterocycles. The molecule has 0 spiro atoms. The van der Waals surface area contributed by atoms with Crippen LogP contribution in [-0.2, 0) is 24.0 Å². The van der Waals surface area contributed by atoms with Gasteiger partial charge in [-0.1, -0.05) is 80.4 Å². The SMILES string of the molecule is C[C@H]1c2ccc(NC(=O)CCC(=O)CCCCCCC[P+](c3ccccc3)(c3ccccc3)c3ccccc3)c(O)c2C(O)=C2C(=O)[C@]3(O)C(O)=C(C(N)=O)C(=O)[C@@H](N(C)C)[C@@H]3[C@@H](O)[C@@H]21. The van der Waals surface area contributed by atoms with Crippen LogP contribution in [0.1, 0.15) is 75.3 Å². The number of Topliss-reactive ketones (excluding diaryl/α,β-unsaturated/α-hetero) is 3. The fourth-order valence-corrected chi connectivity index (χ4v) is 14.8. The summed E-state index contributed by atoms with van der Waals surface area (Å²) in [6.45, 7) is 1.62. The Kier molecular flexibility index (Phi) is 13.9. The number of ketones is 3. The second-order valence-electron chi connectivity index (χ2n) is 17.6. The third-order valence-electron chi connectivity index (χ3n) is 13.6. The van der Waals surface area contributed by atoms with E-state index >= 15 is 0 Å². The van der Waals surface area contributed by atoms with Crippen LogP contribution in [0.25, 0.3) is 5.76 Å². The maximum atomic E-state index is 14.3. The first-order valence-electron chi connectivity index (χ1n) is 22.1. The summed E-state index contributed by atoms with van der Waals surface area (Å²) in [7, 11) is 0.972. The van der Waals surface area contributed by atoms with Crippen molar-refractivity contribution in [1.29, 1.82) is 0 Å². The zero-order valence-corrected chi connectivity index (χ0v) is 37.7. The average molecular weight is 903 g/mol. The number of nitrogens with two attached hydrogens (primary N) is 1. The van der Waals surface area contributed by atoms with Gasteiger partial charge >= 0.3 is 0 Å². The Morgan fingerprint density at radius 1 is 0.754 bits per heavy atom. The van der Waals surface area contributed by atoms with Crippen LogP contribution in [0.15, 0.2) is 120 Å². The first kappa shape index (κ1) is 47.0. The van der Waals surface area contributed by atoms with Gasteiger partial charge in [-0.2, -0.15) is 0 Å². The highest BCUT2D eigenvalue weighted by molar-refractivity contribution is 7.95. The molecule has 3 aliphatic rings. The number of aromatic hydroxyl groups is 1. The molecule has 0 unspecified atom stereocenters. The summed E-state index contributed by atoms with van der Waals surface area (Å²) in [6.07, 6.45) is 4.05. The lowest BCUT2D eigenvalue weighted by molar-refractivity contribution is -0.169. The number of amides is 2. The molecule has 14 heteroatoms. The molecule has 4 aromatic carbocycles. The number of carbonyl (C=O) groups is 5. The molecular formula is C51H57N3O10P+. The molecule has 0 heterocycles. The summed E-state index contributed by atoms with van der Waals surface area (Å²) in [4.78, 5) is 67.3. The highest BCUT2D eigenvalue weighted by Gasteiger charge is 2.68. The molecule has 6 atom stereocenters. The monoisotopic (exact) mass is 902 g/mol. The number of hydrogen-bond acceptors (Lipinski definition) is 11. The third kappa shape index (κ3) is 8.42. The Balaban J connectivity index is 0.962. The molecule has 8 N–H and O–H groups in total. The minimum Gasteiger partial charge on any atom is -0.508 e. The van der Waals surface area contributed by atoms with E-state index in [0.29, 0.717) is 18.4 Å². The molecule has 0 aromatic heterocycles. The molecule has 4 aromatic rings. The van der Waals surface area contributed by atoms with Gasteiger partial charge in [0, 0.05) is 30.8 Å². The number of nitrogens with zero attached hydrogens (tertiary/aromatic N) is 1. The van der Waals surface area contributed by atoms with Crippen molar-refractivity contribution in [2.24, 2.45) is 17.6 Å². The van der Waals surface area contributed by atoms with Crippen molar-refractivity contribution >= 4 is 63.8 Å². The molecule has 7 rings (SSSR count). The van der Waals surface area contributed by atoms with Crippen LogP contribution in [0.2, 0.25) is 0 Å². The topological polar surface area (TPSA) is 228 Å². The fourth-order valence-electron chi connectivity index (χ4n) is 10.4. The first-order chi connectivity index (χ1) is 31.1. The summed E-state index contributed by atoms with van der Waals surface area (Å²) in [5.74, 6) is -10.7. The standard InChI is InChI=1S/C51H56N3O10P/c1-30-35-26-27-36(44(57)39(35)45(58)40-38(30)46(59)42-43(54(2)3)47(60)41(50(52)63)49(62)51(42,64)48(40)61)53-37(56)28-25-31(55)18-10-5-4-6-17-29-65(32-19-11-7-12-20-32,33-21-13-8-14-22-33)34-23-15-9-16-24-34/h7-9,11-16,19-24,26-27,30,38,42-43,46,59,64H,4-6,10,17-18,25,28-29H2,1-3H3,(H5-,52,53,56,57,58,60,61,62,63)/p+1/t30-,38+,42+,43-,46-,51-/m0/s1. The summed E-state index contributed by atoms with van der Waals surface area (Å²) < 4.78 is 0. The smallest absolute Gasteiger partial charge is 0.255 e. The molecule has 3 aliphatic carbocycles. The Bertz CT molecular complexity index is 2450. The molecule has 340 valence electrons. The zero-order valence-electron chi connectivity index (χ0n) is 36.8. The van der Waals surface area contributed by atoms with Gasteiger partial charge in [-0.25, -0.2) is 0 Å². The Hall–Kier alpha value is -5.98. The summed E-state index contributed by atoms with van der Waals surface area (Å²) in [5.41, 5.74) is 0.746. The number of carbonyl (C=O) groups excluding carboxylic acids is 5. The lowest BCUT2D eigenvalue weighted by Crippen LogP contribution is -2.70. The quantitative estimate of drug-likeness (QED) is 0.0319. The van der Waals surface area contributed by atoms with Gasteiger partial charge < -0.3 is 36.6 Å². The van der Waals surface area contributed by atoms with E-state index in [1.54, 1.807) is 6.92 Å². The molecule has 2 amide bonds. The minimum absolute atomic E-state index is 0.0172. The Morgan fingerprint density at radius 3 is 1.83 bits per heavy atom. The number of likely N-dealkylation sites (N-methyl/N-ethyl adjacent to an activating group) is 1. The predicted octanol–water partition coefficient (Wildman–Crippen LogP) is 5.12. The zero-order chi connectivity index (χ0) is 46.8. The van der Waals surface area contributed by atoms with Gasteiger partial charge in [0.25, 0.3) is 5.91 Å². The third-order valence-corrected chi connectivity index (χ3v) is 18.1.